The monoisotopic (exact) mass is 366 g/mol. The lowest BCUT2D eigenvalue weighted by molar-refractivity contribution is -0.123. The van der Waals surface area contributed by atoms with Gasteiger partial charge in [0.15, 0.2) is 6.10 Å². The molecule has 27 heavy (non-hydrogen) atoms. The van der Waals surface area contributed by atoms with Crippen molar-refractivity contribution >= 4 is 40.2 Å². The molecule has 8 nitrogen and oxygen atoms in total. The summed E-state index contributed by atoms with van der Waals surface area (Å²) in [4.78, 5) is 42.5. The van der Waals surface area contributed by atoms with E-state index in [1.54, 1.807) is 42.5 Å². The minimum Gasteiger partial charge on any atom is -0.449 e. The number of fused-ring (bicyclic) bond motifs is 1. The van der Waals surface area contributed by atoms with Gasteiger partial charge in [0.2, 0.25) is 5.91 Å². The van der Waals surface area contributed by atoms with E-state index in [-0.39, 0.29) is 5.91 Å². The van der Waals surface area contributed by atoms with Crippen molar-refractivity contribution in [3.8, 4) is 0 Å². The first-order valence-corrected chi connectivity index (χ1v) is 8.25. The summed E-state index contributed by atoms with van der Waals surface area (Å²) in [5.74, 6) is -1.24. The number of aromatic amines is 1. The van der Waals surface area contributed by atoms with Crippen LogP contribution < -0.4 is 10.6 Å². The van der Waals surface area contributed by atoms with E-state index in [1.807, 2.05) is 0 Å². The second-order valence-corrected chi connectivity index (χ2v) is 5.93. The summed E-state index contributed by atoms with van der Waals surface area (Å²) < 4.78 is 5.23. The third-order valence-corrected chi connectivity index (χ3v) is 3.78. The van der Waals surface area contributed by atoms with Crippen LogP contribution >= 0.6 is 0 Å². The molecule has 1 aromatic heterocycles. The van der Waals surface area contributed by atoms with Gasteiger partial charge in [0.05, 0.1) is 22.9 Å². The van der Waals surface area contributed by atoms with Gasteiger partial charge in [-0.25, -0.2) is 9.78 Å². The van der Waals surface area contributed by atoms with Crippen molar-refractivity contribution in [2.45, 2.75) is 20.0 Å². The van der Waals surface area contributed by atoms with Crippen molar-refractivity contribution < 1.29 is 19.1 Å². The van der Waals surface area contributed by atoms with Crippen LogP contribution in [0.5, 0.6) is 0 Å². The Hall–Kier alpha value is -3.68. The molecule has 2 amide bonds. The number of carbonyl (C=O) groups is 3. The lowest BCUT2D eigenvalue weighted by Crippen LogP contribution is -2.30. The van der Waals surface area contributed by atoms with Crippen LogP contribution in [0.4, 0.5) is 11.4 Å². The van der Waals surface area contributed by atoms with E-state index in [0.717, 1.165) is 5.52 Å². The van der Waals surface area contributed by atoms with Crippen LogP contribution in [0, 0.1) is 0 Å². The first-order chi connectivity index (χ1) is 12.9. The number of anilines is 2. The van der Waals surface area contributed by atoms with Crippen molar-refractivity contribution in [3.05, 3.63) is 54.4 Å². The number of carbonyl (C=O) groups excluding carboxylic acids is 3. The second-order valence-electron chi connectivity index (χ2n) is 5.93. The van der Waals surface area contributed by atoms with E-state index < -0.39 is 18.0 Å². The average Bonchev–Trinajstić information content (AvgIpc) is 3.10. The Kier molecular flexibility index (Phi) is 5.16. The maximum absolute atomic E-state index is 12.2. The molecule has 2 aromatic carbocycles. The Labute approximate surface area is 154 Å². The summed E-state index contributed by atoms with van der Waals surface area (Å²) in [7, 11) is 0. The highest BCUT2D eigenvalue weighted by Crippen LogP contribution is 2.16. The predicted octanol–water partition coefficient (Wildman–Crippen LogP) is 2.71. The molecular formula is C19H18N4O4. The summed E-state index contributed by atoms with van der Waals surface area (Å²) in [6, 6.07) is 11.5. The highest BCUT2D eigenvalue weighted by Gasteiger charge is 2.19. The Morgan fingerprint density at radius 2 is 1.70 bits per heavy atom. The topological polar surface area (TPSA) is 113 Å². The minimum atomic E-state index is -0.981. The van der Waals surface area contributed by atoms with E-state index in [1.165, 1.54) is 20.2 Å². The van der Waals surface area contributed by atoms with Gasteiger partial charge >= 0.3 is 5.97 Å². The number of esters is 1. The van der Waals surface area contributed by atoms with E-state index in [0.29, 0.717) is 22.5 Å². The number of aromatic nitrogens is 2. The molecule has 1 unspecified atom stereocenters. The molecule has 1 heterocycles. The van der Waals surface area contributed by atoms with Crippen molar-refractivity contribution in [2.24, 2.45) is 0 Å². The van der Waals surface area contributed by atoms with Gasteiger partial charge in [-0.05, 0) is 49.4 Å². The van der Waals surface area contributed by atoms with E-state index in [9.17, 15) is 14.4 Å². The molecule has 0 spiro atoms. The van der Waals surface area contributed by atoms with Crippen LogP contribution in [-0.2, 0) is 14.3 Å². The highest BCUT2D eigenvalue weighted by molar-refractivity contribution is 5.98. The molecule has 0 fully saturated rings. The first-order valence-electron chi connectivity index (χ1n) is 8.25. The largest absolute Gasteiger partial charge is 0.449 e. The summed E-state index contributed by atoms with van der Waals surface area (Å²) in [5.41, 5.74) is 2.91. The number of imidazole rings is 1. The number of hydrogen-bond acceptors (Lipinski definition) is 5. The van der Waals surface area contributed by atoms with Gasteiger partial charge in [0.25, 0.3) is 5.91 Å². The zero-order chi connectivity index (χ0) is 19.4. The fourth-order valence-electron chi connectivity index (χ4n) is 2.43. The maximum Gasteiger partial charge on any atom is 0.338 e. The van der Waals surface area contributed by atoms with Gasteiger partial charge in [0.1, 0.15) is 0 Å². The first kappa shape index (κ1) is 18.1. The molecule has 0 aliphatic carbocycles. The van der Waals surface area contributed by atoms with Gasteiger partial charge in [0, 0.05) is 18.3 Å². The maximum atomic E-state index is 12.2. The standard InChI is InChI=1S/C19H18N4O4/c1-11(18(25)23-15-6-4-14(5-7-15)22-12(2)24)27-19(26)13-3-8-16-17(9-13)21-10-20-16/h3-11H,1-2H3,(H,20,21)(H,22,24)(H,23,25). The number of nitrogens with zero attached hydrogens (tertiary/aromatic N) is 1. The van der Waals surface area contributed by atoms with E-state index in [4.69, 9.17) is 4.74 Å². The molecule has 0 saturated carbocycles. The van der Waals surface area contributed by atoms with E-state index >= 15 is 0 Å². The van der Waals surface area contributed by atoms with Crippen molar-refractivity contribution in [3.63, 3.8) is 0 Å². The Morgan fingerprint density at radius 1 is 1.04 bits per heavy atom. The summed E-state index contributed by atoms with van der Waals surface area (Å²) in [5, 5.41) is 5.29. The molecule has 138 valence electrons. The number of benzene rings is 2. The lowest BCUT2D eigenvalue weighted by Gasteiger charge is -2.14. The molecule has 3 N–H and O–H groups in total. The minimum absolute atomic E-state index is 0.180. The molecule has 1 atom stereocenters. The molecule has 0 bridgehead atoms. The van der Waals surface area contributed by atoms with Crippen LogP contribution in [0.1, 0.15) is 24.2 Å². The van der Waals surface area contributed by atoms with Crippen molar-refractivity contribution in [2.75, 3.05) is 10.6 Å². The van der Waals surface area contributed by atoms with Crippen molar-refractivity contribution in [1.82, 2.24) is 9.97 Å². The van der Waals surface area contributed by atoms with Crippen LogP contribution in [0.25, 0.3) is 11.0 Å². The highest BCUT2D eigenvalue weighted by atomic mass is 16.5. The van der Waals surface area contributed by atoms with Crippen LogP contribution in [-0.4, -0.2) is 33.9 Å². The van der Waals surface area contributed by atoms with Crippen molar-refractivity contribution in [1.29, 1.82) is 0 Å². The third-order valence-electron chi connectivity index (χ3n) is 3.78. The molecule has 3 rings (SSSR count). The zero-order valence-electron chi connectivity index (χ0n) is 14.8. The summed E-state index contributed by atoms with van der Waals surface area (Å²) in [6.07, 6.45) is 0.553. The molecule has 0 aliphatic rings. The Balaban J connectivity index is 1.59. The van der Waals surface area contributed by atoms with Crippen LogP contribution in [0.2, 0.25) is 0 Å². The number of nitrogens with one attached hydrogen (secondary N) is 3. The number of hydrogen-bond donors (Lipinski definition) is 3. The number of ether oxygens (including phenoxy) is 1. The van der Waals surface area contributed by atoms with Gasteiger partial charge in [-0.1, -0.05) is 0 Å². The number of amides is 2. The quantitative estimate of drug-likeness (QED) is 0.601. The predicted molar refractivity (Wildman–Crippen MR) is 100 cm³/mol. The Morgan fingerprint density at radius 3 is 2.37 bits per heavy atom. The zero-order valence-corrected chi connectivity index (χ0v) is 14.8. The summed E-state index contributed by atoms with van der Waals surface area (Å²) in [6.45, 7) is 2.91. The fraction of sp³-hybridized carbons (Fsp3) is 0.158. The molecular weight excluding hydrogens is 348 g/mol. The smallest absolute Gasteiger partial charge is 0.338 e. The molecule has 3 aromatic rings. The second kappa shape index (κ2) is 7.69. The Bertz CT molecular complexity index is 994. The molecule has 8 heteroatoms. The lowest BCUT2D eigenvalue weighted by atomic mass is 10.2. The number of rotatable bonds is 5. The SMILES string of the molecule is CC(=O)Nc1ccc(NC(=O)C(C)OC(=O)c2ccc3nc[nH]c3c2)cc1. The van der Waals surface area contributed by atoms with Crippen LogP contribution in [0.3, 0.4) is 0 Å². The summed E-state index contributed by atoms with van der Waals surface area (Å²) >= 11 is 0. The average molecular weight is 366 g/mol. The third kappa shape index (κ3) is 4.49. The fourth-order valence-corrected chi connectivity index (χ4v) is 2.43. The van der Waals surface area contributed by atoms with Gasteiger partial charge in [-0.2, -0.15) is 0 Å². The normalized spacial score (nSPS) is 11.6. The molecule has 0 aliphatic heterocycles. The van der Waals surface area contributed by atoms with Gasteiger partial charge < -0.3 is 20.4 Å². The number of H-pyrrole nitrogens is 1. The van der Waals surface area contributed by atoms with Gasteiger partial charge in [-0.15, -0.1) is 0 Å². The van der Waals surface area contributed by atoms with Crippen LogP contribution in [0.15, 0.2) is 48.8 Å². The van der Waals surface area contributed by atoms with Gasteiger partial charge in [-0.3, -0.25) is 9.59 Å². The van der Waals surface area contributed by atoms with E-state index in [2.05, 4.69) is 20.6 Å². The molecule has 0 saturated heterocycles. The molecule has 0 radical (unpaired) electrons.